The number of benzene rings is 2. The monoisotopic (exact) mass is 503 g/mol. The molecule has 1 aliphatic heterocycles. The highest BCUT2D eigenvalue weighted by Gasteiger charge is 2.55. The molecule has 2 aliphatic rings. The number of thiazole rings is 1. The molecule has 3 heterocycles. The van der Waals surface area contributed by atoms with Gasteiger partial charge in [0.1, 0.15) is 39.7 Å². The van der Waals surface area contributed by atoms with E-state index in [4.69, 9.17) is 9.47 Å². The number of carbonyl (C=O) groups excluding carboxylic acids is 2. The highest BCUT2D eigenvalue weighted by Crippen LogP contribution is 2.58. The molecule has 1 atom stereocenters. The quantitative estimate of drug-likeness (QED) is 0.389. The Labute approximate surface area is 209 Å². The number of hydrogen-bond donors (Lipinski definition) is 2. The third-order valence-electron chi connectivity index (χ3n) is 7.01. The van der Waals surface area contributed by atoms with Crippen LogP contribution in [-0.2, 0) is 5.41 Å². The van der Waals surface area contributed by atoms with Crippen LogP contribution in [0.1, 0.15) is 57.1 Å². The number of aromatic hydroxyl groups is 2. The highest BCUT2D eigenvalue weighted by atomic mass is 32.1. The first-order valence-electron chi connectivity index (χ1n) is 11.2. The van der Waals surface area contributed by atoms with Crippen molar-refractivity contribution in [1.82, 2.24) is 14.8 Å². The Morgan fingerprint density at radius 1 is 1.22 bits per heavy atom. The Hall–Kier alpha value is -4.18. The molecule has 2 aromatic heterocycles. The first kappa shape index (κ1) is 22.3. The van der Waals surface area contributed by atoms with Gasteiger partial charge in [-0.25, -0.2) is 9.67 Å². The molecule has 36 heavy (non-hydrogen) atoms. The second kappa shape index (κ2) is 7.17. The molecule has 0 amide bonds. The zero-order chi connectivity index (χ0) is 25.7. The molecular weight excluding hydrogens is 482 g/mol. The summed E-state index contributed by atoms with van der Waals surface area (Å²) in [5.41, 5.74) is 0.964. The van der Waals surface area contributed by atoms with Gasteiger partial charge in [0, 0.05) is 11.6 Å². The lowest BCUT2D eigenvalue weighted by molar-refractivity contribution is 0.0905. The lowest BCUT2D eigenvalue weighted by Crippen LogP contribution is -2.36. The molecule has 9 nitrogen and oxygen atoms in total. The summed E-state index contributed by atoms with van der Waals surface area (Å²) in [4.78, 5) is 31.2. The van der Waals surface area contributed by atoms with Crippen molar-refractivity contribution in [3.05, 3.63) is 57.6 Å². The fourth-order valence-corrected chi connectivity index (χ4v) is 6.00. The number of ether oxygens (including phenoxy) is 2. The van der Waals surface area contributed by atoms with Crippen LogP contribution < -0.4 is 9.47 Å². The van der Waals surface area contributed by atoms with Crippen LogP contribution in [-0.4, -0.2) is 43.7 Å². The smallest absolute Gasteiger partial charge is 0.212 e. The predicted octanol–water partition coefficient (Wildman–Crippen LogP) is 4.61. The van der Waals surface area contributed by atoms with Gasteiger partial charge in [0.25, 0.3) is 0 Å². The number of phenols is 2. The predicted molar refractivity (Wildman–Crippen MR) is 133 cm³/mol. The number of fused-ring (bicyclic) bond motifs is 5. The van der Waals surface area contributed by atoms with Gasteiger partial charge in [-0.05, 0) is 45.9 Å². The van der Waals surface area contributed by atoms with Crippen LogP contribution >= 0.6 is 11.3 Å². The molecule has 0 saturated heterocycles. The van der Waals surface area contributed by atoms with Crippen molar-refractivity contribution in [2.45, 2.75) is 33.1 Å². The van der Waals surface area contributed by atoms with Crippen LogP contribution in [0, 0.1) is 13.8 Å². The minimum Gasteiger partial charge on any atom is -0.507 e. The Morgan fingerprint density at radius 2 is 1.97 bits per heavy atom. The van der Waals surface area contributed by atoms with Gasteiger partial charge in [0.2, 0.25) is 5.13 Å². The van der Waals surface area contributed by atoms with Crippen molar-refractivity contribution >= 4 is 39.2 Å². The van der Waals surface area contributed by atoms with Crippen LogP contribution in [0.15, 0.2) is 24.0 Å². The summed E-state index contributed by atoms with van der Waals surface area (Å²) in [7, 11) is 1.60. The Bertz CT molecular complexity index is 1710. The van der Waals surface area contributed by atoms with Crippen LogP contribution in [0.5, 0.6) is 23.0 Å². The van der Waals surface area contributed by atoms with Gasteiger partial charge in [0.15, 0.2) is 11.6 Å². The second-order valence-electron chi connectivity index (χ2n) is 9.11. The Balaban J connectivity index is 1.58. The lowest BCUT2D eigenvalue weighted by atomic mass is 9.71. The van der Waals surface area contributed by atoms with Gasteiger partial charge in [0.05, 0.1) is 39.8 Å². The van der Waals surface area contributed by atoms with E-state index in [9.17, 15) is 19.8 Å². The molecule has 1 aliphatic carbocycles. The standard InChI is InChI=1S/C26H21N3O6S/c1-10-21(31)19(12(3)30)23-20(22(10)32)26(4)17(35-23)9-15-18(24(26)33)11(2)28-29(15)25-27-14-7-6-13(34-5)8-16(14)36-25/h6-9,31-32H,1-5H3/t26-/m0/s1. The number of phenolic OH excluding ortho intramolecular Hbond substituents is 2. The fraction of sp³-hybridized carbons (Fsp3) is 0.231. The van der Waals surface area contributed by atoms with E-state index in [1.54, 1.807) is 31.7 Å². The molecule has 0 radical (unpaired) electrons. The molecule has 0 spiro atoms. The van der Waals surface area contributed by atoms with Crippen LogP contribution in [0.4, 0.5) is 0 Å². The molecule has 10 heteroatoms. The van der Waals surface area contributed by atoms with E-state index in [-0.39, 0.29) is 45.5 Å². The molecule has 6 rings (SSSR count). The number of carbonyl (C=O) groups is 2. The largest absolute Gasteiger partial charge is 0.507 e. The number of allylic oxidation sites excluding steroid dienone is 1. The van der Waals surface area contributed by atoms with Gasteiger partial charge >= 0.3 is 0 Å². The third kappa shape index (κ3) is 2.64. The number of Topliss-reactive ketones (excluding diaryl/α,β-unsaturated/α-hetero) is 2. The minimum atomic E-state index is -1.39. The van der Waals surface area contributed by atoms with Gasteiger partial charge < -0.3 is 19.7 Å². The zero-order valence-corrected chi connectivity index (χ0v) is 20.9. The maximum atomic E-state index is 14.1. The lowest BCUT2D eigenvalue weighted by Gasteiger charge is -2.27. The van der Waals surface area contributed by atoms with E-state index in [2.05, 4.69) is 10.1 Å². The summed E-state index contributed by atoms with van der Waals surface area (Å²) in [6.45, 7) is 6.18. The van der Waals surface area contributed by atoms with Crippen LogP contribution in [0.3, 0.4) is 0 Å². The van der Waals surface area contributed by atoms with Gasteiger partial charge in [-0.2, -0.15) is 5.10 Å². The van der Waals surface area contributed by atoms with Crippen molar-refractivity contribution in [2.75, 3.05) is 7.11 Å². The van der Waals surface area contributed by atoms with E-state index in [0.717, 1.165) is 10.2 Å². The summed E-state index contributed by atoms with van der Waals surface area (Å²) in [6, 6.07) is 5.57. The number of methoxy groups -OCH3 is 1. The van der Waals surface area contributed by atoms with Gasteiger partial charge in [-0.15, -0.1) is 0 Å². The number of ketones is 2. The fourth-order valence-electron chi connectivity index (χ4n) is 5.04. The van der Waals surface area contributed by atoms with Crippen molar-refractivity contribution in [1.29, 1.82) is 0 Å². The summed E-state index contributed by atoms with van der Waals surface area (Å²) >= 11 is 1.40. The van der Waals surface area contributed by atoms with Gasteiger partial charge in [-0.3, -0.25) is 9.59 Å². The molecule has 4 aromatic rings. The molecule has 182 valence electrons. The van der Waals surface area contributed by atoms with E-state index in [1.165, 1.54) is 25.2 Å². The maximum absolute atomic E-state index is 14.1. The van der Waals surface area contributed by atoms with Crippen molar-refractivity contribution < 1.29 is 29.3 Å². The first-order chi connectivity index (χ1) is 17.1. The van der Waals surface area contributed by atoms with E-state index < -0.39 is 11.2 Å². The zero-order valence-electron chi connectivity index (χ0n) is 20.1. The Kier molecular flexibility index (Phi) is 4.44. The van der Waals surface area contributed by atoms with Crippen LogP contribution in [0.2, 0.25) is 0 Å². The van der Waals surface area contributed by atoms with Crippen molar-refractivity contribution in [3.63, 3.8) is 0 Å². The molecule has 0 unspecified atom stereocenters. The number of rotatable bonds is 3. The minimum absolute atomic E-state index is 0.000373. The van der Waals surface area contributed by atoms with Crippen LogP contribution in [0.25, 0.3) is 21.4 Å². The van der Waals surface area contributed by atoms with E-state index >= 15 is 0 Å². The Morgan fingerprint density at radius 3 is 2.67 bits per heavy atom. The maximum Gasteiger partial charge on any atom is 0.212 e. The molecule has 0 saturated carbocycles. The SMILES string of the molecule is COc1ccc2nc(-n3nc(C)c4c3C=C3Oc5c(C(C)=O)c(O)c(C)c(O)c5[C@@]3(C)C4=O)sc2c1. The van der Waals surface area contributed by atoms with Crippen molar-refractivity contribution in [2.24, 2.45) is 0 Å². The summed E-state index contributed by atoms with van der Waals surface area (Å²) in [6.07, 6.45) is 1.69. The molecular formula is C26H21N3O6S. The molecule has 0 fully saturated rings. The van der Waals surface area contributed by atoms with E-state index in [1.807, 2.05) is 18.2 Å². The summed E-state index contributed by atoms with van der Waals surface area (Å²) < 4.78 is 13.9. The molecule has 2 aromatic carbocycles. The van der Waals surface area contributed by atoms with Gasteiger partial charge in [-0.1, -0.05) is 11.3 Å². The van der Waals surface area contributed by atoms with Crippen molar-refractivity contribution in [3.8, 4) is 28.1 Å². The molecule has 0 bridgehead atoms. The summed E-state index contributed by atoms with van der Waals surface area (Å²) in [5, 5.41) is 26.7. The number of aromatic nitrogens is 3. The number of nitrogens with zero attached hydrogens (tertiary/aromatic N) is 3. The first-order valence-corrected chi connectivity index (χ1v) is 12.0. The normalized spacial score (nSPS) is 17.9. The third-order valence-corrected chi connectivity index (χ3v) is 8.00. The van der Waals surface area contributed by atoms with E-state index in [0.29, 0.717) is 27.8 Å². The average molecular weight is 504 g/mol. The number of aryl methyl sites for hydroxylation is 1. The summed E-state index contributed by atoms with van der Waals surface area (Å²) in [5.74, 6) is -0.455. The average Bonchev–Trinajstić information content (AvgIpc) is 3.49. The highest BCUT2D eigenvalue weighted by molar-refractivity contribution is 7.20. The molecule has 2 N–H and O–H groups in total. The number of hydrogen-bond acceptors (Lipinski definition) is 9. The second-order valence-corrected chi connectivity index (χ2v) is 10.1. The topological polar surface area (TPSA) is 124 Å².